The Balaban J connectivity index is 2.01. The molecule has 0 saturated carbocycles. The molecular formula is C17H29N3O3S2. The largest absolute Gasteiger partial charge is 0.336 e. The summed E-state index contributed by atoms with van der Waals surface area (Å²) in [5.74, 6) is 0.111. The smallest absolute Gasteiger partial charge is 0.252 e. The summed E-state index contributed by atoms with van der Waals surface area (Å²) in [7, 11) is -3.40. The summed E-state index contributed by atoms with van der Waals surface area (Å²) in [6, 6.07) is 3.45. The Morgan fingerprint density at radius 1 is 1.08 bits per heavy atom. The molecule has 0 aromatic carbocycles. The number of rotatable bonds is 6. The van der Waals surface area contributed by atoms with Gasteiger partial charge in [0, 0.05) is 38.3 Å². The molecule has 2 rings (SSSR count). The summed E-state index contributed by atoms with van der Waals surface area (Å²) in [5, 5.41) is 1.77. The summed E-state index contributed by atoms with van der Waals surface area (Å²) >= 11 is 1.24. The van der Waals surface area contributed by atoms with Crippen molar-refractivity contribution >= 4 is 27.3 Å². The predicted octanol–water partition coefficient (Wildman–Crippen LogP) is 2.09. The van der Waals surface area contributed by atoms with E-state index in [-0.39, 0.29) is 24.0 Å². The number of amides is 1. The van der Waals surface area contributed by atoms with Crippen LogP contribution in [0.4, 0.5) is 0 Å². The molecule has 2 heterocycles. The molecule has 0 unspecified atom stereocenters. The molecule has 8 heteroatoms. The number of carbonyl (C=O) groups is 1. The van der Waals surface area contributed by atoms with Crippen molar-refractivity contribution in [1.29, 1.82) is 0 Å². The maximum absolute atomic E-state index is 12.8. The Kier molecular flexibility index (Phi) is 6.64. The summed E-state index contributed by atoms with van der Waals surface area (Å²) in [6.07, 6.45) is 0. The van der Waals surface area contributed by atoms with Crippen LogP contribution >= 0.6 is 11.3 Å². The maximum atomic E-state index is 12.8. The molecule has 1 amide bonds. The fourth-order valence-corrected chi connectivity index (χ4v) is 5.91. The zero-order valence-corrected chi connectivity index (χ0v) is 17.3. The van der Waals surface area contributed by atoms with E-state index in [9.17, 15) is 13.2 Å². The Morgan fingerprint density at radius 3 is 2.08 bits per heavy atom. The van der Waals surface area contributed by atoms with Crippen LogP contribution in [-0.2, 0) is 14.8 Å². The van der Waals surface area contributed by atoms with E-state index >= 15 is 0 Å². The first-order valence-corrected chi connectivity index (χ1v) is 11.1. The van der Waals surface area contributed by atoms with Gasteiger partial charge in [-0.25, -0.2) is 8.42 Å². The monoisotopic (exact) mass is 387 g/mol. The lowest BCUT2D eigenvalue weighted by Gasteiger charge is -2.40. The minimum atomic E-state index is -3.40. The van der Waals surface area contributed by atoms with Gasteiger partial charge in [-0.15, -0.1) is 11.3 Å². The van der Waals surface area contributed by atoms with Crippen LogP contribution < -0.4 is 0 Å². The lowest BCUT2D eigenvalue weighted by Crippen LogP contribution is -2.57. The molecule has 0 radical (unpaired) electrons. The van der Waals surface area contributed by atoms with Gasteiger partial charge in [0.25, 0.3) is 10.0 Å². The first kappa shape index (κ1) is 20.4. The highest BCUT2D eigenvalue weighted by Gasteiger charge is 2.34. The molecule has 0 bridgehead atoms. The zero-order chi connectivity index (χ0) is 18.8. The molecule has 142 valence electrons. The van der Waals surface area contributed by atoms with Gasteiger partial charge in [0.15, 0.2) is 0 Å². The Bertz CT molecular complexity index is 655. The quantitative estimate of drug-likeness (QED) is 0.750. The van der Waals surface area contributed by atoms with Crippen molar-refractivity contribution in [2.75, 3.05) is 26.2 Å². The van der Waals surface area contributed by atoms with E-state index in [4.69, 9.17) is 0 Å². The summed E-state index contributed by atoms with van der Waals surface area (Å²) in [4.78, 5) is 16.8. The van der Waals surface area contributed by atoms with E-state index in [2.05, 4.69) is 4.90 Å². The third-order valence-electron chi connectivity index (χ3n) is 4.63. The Morgan fingerprint density at radius 2 is 1.64 bits per heavy atom. The number of hydrogen-bond donors (Lipinski definition) is 0. The van der Waals surface area contributed by atoms with Crippen molar-refractivity contribution in [1.82, 2.24) is 14.1 Å². The summed E-state index contributed by atoms with van der Waals surface area (Å²) in [5.41, 5.74) is 0. The summed E-state index contributed by atoms with van der Waals surface area (Å²) in [6.45, 7) is 12.0. The molecule has 1 aromatic heterocycles. The molecule has 1 aliphatic heterocycles. The van der Waals surface area contributed by atoms with Crippen LogP contribution in [0.1, 0.15) is 34.6 Å². The second-order valence-corrected chi connectivity index (χ2v) is 10.1. The van der Waals surface area contributed by atoms with Gasteiger partial charge in [-0.05, 0) is 46.1 Å². The van der Waals surface area contributed by atoms with Gasteiger partial charge in [0.1, 0.15) is 4.21 Å². The first-order chi connectivity index (χ1) is 11.7. The molecular weight excluding hydrogens is 358 g/mol. The molecule has 1 aliphatic rings. The normalized spacial score (nSPS) is 18.7. The summed E-state index contributed by atoms with van der Waals surface area (Å²) < 4.78 is 27.1. The highest BCUT2D eigenvalue weighted by Crippen LogP contribution is 2.23. The van der Waals surface area contributed by atoms with Gasteiger partial charge < -0.3 is 4.90 Å². The van der Waals surface area contributed by atoms with Gasteiger partial charge >= 0.3 is 0 Å². The second-order valence-electron chi connectivity index (χ2n) is 6.98. The molecule has 1 saturated heterocycles. The topological polar surface area (TPSA) is 60.9 Å². The van der Waals surface area contributed by atoms with E-state index in [1.54, 1.807) is 17.5 Å². The average molecular weight is 388 g/mol. The van der Waals surface area contributed by atoms with Gasteiger partial charge in [-0.2, -0.15) is 4.31 Å². The van der Waals surface area contributed by atoms with E-state index in [0.717, 1.165) is 0 Å². The van der Waals surface area contributed by atoms with Crippen molar-refractivity contribution in [3.8, 4) is 0 Å². The maximum Gasteiger partial charge on any atom is 0.252 e. The van der Waals surface area contributed by atoms with Crippen molar-refractivity contribution in [3.05, 3.63) is 17.5 Å². The number of piperazine rings is 1. The lowest BCUT2D eigenvalue weighted by atomic mass is 10.1. The number of hydrogen-bond acceptors (Lipinski definition) is 5. The van der Waals surface area contributed by atoms with Crippen LogP contribution in [0.3, 0.4) is 0 Å². The number of thiophene rings is 1. The van der Waals surface area contributed by atoms with Crippen molar-refractivity contribution < 1.29 is 13.2 Å². The number of sulfonamides is 1. The van der Waals surface area contributed by atoms with Crippen LogP contribution in [0.2, 0.25) is 0 Å². The molecule has 1 aromatic rings. The van der Waals surface area contributed by atoms with E-state index in [0.29, 0.717) is 30.4 Å². The average Bonchev–Trinajstić information content (AvgIpc) is 3.08. The van der Waals surface area contributed by atoms with E-state index in [1.165, 1.54) is 15.6 Å². The van der Waals surface area contributed by atoms with Crippen LogP contribution in [0.5, 0.6) is 0 Å². The Labute approximate surface area is 155 Å². The van der Waals surface area contributed by atoms with Crippen molar-refractivity contribution in [2.24, 2.45) is 0 Å². The van der Waals surface area contributed by atoms with Crippen LogP contribution in [0, 0.1) is 0 Å². The molecule has 1 atom stereocenters. The predicted molar refractivity (Wildman–Crippen MR) is 101 cm³/mol. The highest BCUT2D eigenvalue weighted by molar-refractivity contribution is 7.91. The minimum Gasteiger partial charge on any atom is -0.336 e. The second kappa shape index (κ2) is 8.16. The zero-order valence-electron chi connectivity index (χ0n) is 15.7. The molecule has 0 spiro atoms. The standard InChI is InChI=1S/C17H29N3O3S2/c1-13(2)20(14(3)4)17(21)15(5)18-8-10-19(11-9-18)25(22,23)16-7-6-12-24-16/h6-7,12-15H,8-11H2,1-5H3/t15-/m1/s1. The fraction of sp³-hybridized carbons (Fsp3) is 0.706. The highest BCUT2D eigenvalue weighted by atomic mass is 32.2. The van der Waals surface area contributed by atoms with Crippen molar-refractivity contribution in [3.63, 3.8) is 0 Å². The molecule has 1 fully saturated rings. The molecule has 0 N–H and O–H groups in total. The SMILES string of the molecule is CC(C)N(C(=O)[C@@H](C)N1CCN(S(=O)(=O)c2cccs2)CC1)C(C)C. The first-order valence-electron chi connectivity index (χ1n) is 8.76. The van der Waals surface area contributed by atoms with Crippen LogP contribution in [0.15, 0.2) is 21.7 Å². The van der Waals surface area contributed by atoms with Crippen molar-refractivity contribution in [2.45, 2.75) is 57.0 Å². The van der Waals surface area contributed by atoms with Gasteiger partial charge in [-0.1, -0.05) is 6.07 Å². The van der Waals surface area contributed by atoms with Gasteiger partial charge in [-0.3, -0.25) is 9.69 Å². The molecule has 6 nitrogen and oxygen atoms in total. The number of carbonyl (C=O) groups excluding carboxylic acids is 1. The number of nitrogens with zero attached hydrogens (tertiary/aromatic N) is 3. The molecule has 0 aliphatic carbocycles. The van der Waals surface area contributed by atoms with Gasteiger partial charge in [0.2, 0.25) is 5.91 Å². The molecule has 25 heavy (non-hydrogen) atoms. The van der Waals surface area contributed by atoms with Gasteiger partial charge in [0.05, 0.1) is 6.04 Å². The van der Waals surface area contributed by atoms with Crippen LogP contribution in [0.25, 0.3) is 0 Å². The Hall–Kier alpha value is -0.960. The third-order valence-corrected chi connectivity index (χ3v) is 7.91. The minimum absolute atomic E-state index is 0.111. The van der Waals surface area contributed by atoms with E-state index < -0.39 is 10.0 Å². The lowest BCUT2D eigenvalue weighted by molar-refractivity contribution is -0.140. The third kappa shape index (κ3) is 4.42. The van der Waals surface area contributed by atoms with E-state index in [1.807, 2.05) is 39.5 Å². The van der Waals surface area contributed by atoms with Crippen LogP contribution in [-0.4, -0.2) is 72.7 Å². The fourth-order valence-electron chi connectivity index (χ4n) is 3.35.